The van der Waals surface area contributed by atoms with E-state index in [1.807, 2.05) is 13.8 Å². The Morgan fingerprint density at radius 2 is 1.77 bits per heavy atom. The van der Waals surface area contributed by atoms with E-state index in [2.05, 4.69) is 5.32 Å². The Morgan fingerprint density at radius 3 is 2.40 bits per heavy atom. The van der Waals surface area contributed by atoms with E-state index >= 15 is 0 Å². The molecular formula is C24H27Cl2N3O5S. The Labute approximate surface area is 215 Å². The minimum atomic E-state index is -3.95. The molecule has 1 N–H and O–H groups in total. The highest BCUT2D eigenvalue weighted by Gasteiger charge is 2.40. The second-order valence-corrected chi connectivity index (χ2v) is 11.3. The fourth-order valence-electron chi connectivity index (χ4n) is 3.79. The first-order valence-corrected chi connectivity index (χ1v) is 13.3. The van der Waals surface area contributed by atoms with Crippen molar-refractivity contribution in [3.63, 3.8) is 0 Å². The molecule has 188 valence electrons. The molecule has 0 spiro atoms. The number of rotatable bonds is 9. The topological polar surface area (TPSA) is 104 Å². The van der Waals surface area contributed by atoms with Gasteiger partial charge in [0, 0.05) is 35.6 Å². The van der Waals surface area contributed by atoms with E-state index in [0.29, 0.717) is 15.6 Å². The van der Waals surface area contributed by atoms with Crippen LogP contribution in [0.25, 0.3) is 0 Å². The Kier molecular flexibility index (Phi) is 8.46. The van der Waals surface area contributed by atoms with E-state index in [0.717, 1.165) is 4.31 Å². The van der Waals surface area contributed by atoms with Crippen LogP contribution in [0.4, 0.5) is 0 Å². The number of fused-ring (bicyclic) bond motifs is 1. The van der Waals surface area contributed by atoms with Crippen LogP contribution < -0.4 is 5.32 Å². The lowest BCUT2D eigenvalue weighted by Gasteiger charge is -2.30. The fourth-order valence-corrected chi connectivity index (χ4v) is 5.87. The molecule has 3 rings (SSSR count). The number of hydrogen-bond donors (Lipinski definition) is 1. The van der Waals surface area contributed by atoms with Crippen LogP contribution in [0.15, 0.2) is 47.4 Å². The molecule has 0 saturated heterocycles. The van der Waals surface area contributed by atoms with Crippen LogP contribution in [0, 0.1) is 0 Å². The van der Waals surface area contributed by atoms with Crippen molar-refractivity contribution in [3.05, 3.63) is 63.6 Å². The molecule has 0 aromatic heterocycles. The lowest BCUT2D eigenvalue weighted by atomic mass is 10.1. The van der Waals surface area contributed by atoms with Crippen molar-refractivity contribution in [1.82, 2.24) is 14.5 Å². The number of carbonyl (C=O) groups excluding carboxylic acids is 3. The van der Waals surface area contributed by atoms with E-state index in [1.54, 1.807) is 37.3 Å². The number of hydrogen-bond acceptors (Lipinski definition) is 5. The molecule has 35 heavy (non-hydrogen) atoms. The predicted octanol–water partition coefficient (Wildman–Crippen LogP) is 3.86. The third-order valence-electron chi connectivity index (χ3n) is 5.62. The zero-order valence-electron chi connectivity index (χ0n) is 19.6. The molecule has 2 aromatic carbocycles. The van der Waals surface area contributed by atoms with Gasteiger partial charge >= 0.3 is 0 Å². The number of halogens is 2. The maximum absolute atomic E-state index is 13.2. The summed E-state index contributed by atoms with van der Waals surface area (Å²) < 4.78 is 26.3. The molecule has 1 heterocycles. The van der Waals surface area contributed by atoms with Gasteiger partial charge in [0.2, 0.25) is 11.8 Å². The average Bonchev–Trinajstić information content (AvgIpc) is 2.98. The maximum atomic E-state index is 13.2. The van der Waals surface area contributed by atoms with Crippen LogP contribution >= 0.6 is 23.2 Å². The summed E-state index contributed by atoms with van der Waals surface area (Å²) >= 11 is 12.3. The van der Waals surface area contributed by atoms with Crippen molar-refractivity contribution >= 4 is 50.9 Å². The van der Waals surface area contributed by atoms with Crippen LogP contribution in [0.2, 0.25) is 10.0 Å². The van der Waals surface area contributed by atoms with Gasteiger partial charge in [0.05, 0.1) is 5.56 Å². The molecular weight excluding hydrogens is 513 g/mol. The van der Waals surface area contributed by atoms with E-state index < -0.39 is 22.0 Å². The van der Waals surface area contributed by atoms with Crippen molar-refractivity contribution in [2.45, 2.75) is 57.1 Å². The number of nitrogens with zero attached hydrogens (tertiary/aromatic N) is 2. The number of sulfonamides is 1. The highest BCUT2D eigenvalue weighted by Crippen LogP contribution is 2.30. The monoisotopic (exact) mass is 539 g/mol. The number of amides is 3. The zero-order valence-corrected chi connectivity index (χ0v) is 22.0. The van der Waals surface area contributed by atoms with Gasteiger partial charge in [-0.2, -0.15) is 0 Å². The first-order chi connectivity index (χ1) is 16.4. The highest BCUT2D eigenvalue weighted by molar-refractivity contribution is 7.90. The summed E-state index contributed by atoms with van der Waals surface area (Å²) in [7, 11) is -3.95. The summed E-state index contributed by atoms with van der Waals surface area (Å²) in [6.45, 7) is 5.17. The average molecular weight is 540 g/mol. The quantitative estimate of drug-likeness (QED) is 0.520. The lowest BCUT2D eigenvalue weighted by molar-refractivity contribution is -0.140. The van der Waals surface area contributed by atoms with Crippen LogP contribution in [0.5, 0.6) is 0 Å². The van der Waals surface area contributed by atoms with Crippen LogP contribution in [-0.2, 0) is 26.2 Å². The Balaban J connectivity index is 1.74. The second kappa shape index (κ2) is 11.0. The zero-order chi connectivity index (χ0) is 25.9. The normalized spacial score (nSPS) is 15.1. The maximum Gasteiger partial charge on any atom is 0.269 e. The first-order valence-electron chi connectivity index (χ1n) is 11.1. The largest absolute Gasteiger partial charge is 0.352 e. The summed E-state index contributed by atoms with van der Waals surface area (Å²) in [6, 6.07) is 9.97. The molecule has 2 aromatic rings. The highest BCUT2D eigenvalue weighted by atomic mass is 35.5. The lowest BCUT2D eigenvalue weighted by Crippen LogP contribution is -2.49. The molecule has 0 fully saturated rings. The van der Waals surface area contributed by atoms with Crippen LogP contribution in [-0.4, -0.2) is 54.0 Å². The van der Waals surface area contributed by atoms with Crippen molar-refractivity contribution in [2.75, 3.05) is 6.54 Å². The van der Waals surface area contributed by atoms with Crippen molar-refractivity contribution in [3.8, 4) is 0 Å². The van der Waals surface area contributed by atoms with Crippen LogP contribution in [0.1, 0.15) is 49.5 Å². The van der Waals surface area contributed by atoms with E-state index in [4.69, 9.17) is 23.2 Å². The van der Waals surface area contributed by atoms with E-state index in [-0.39, 0.29) is 54.2 Å². The molecule has 11 heteroatoms. The molecule has 1 aliphatic rings. The van der Waals surface area contributed by atoms with Gasteiger partial charge < -0.3 is 10.2 Å². The molecule has 0 bridgehead atoms. The fraction of sp³-hybridized carbons (Fsp3) is 0.375. The molecule has 1 aliphatic heterocycles. The molecule has 1 atom stereocenters. The molecule has 8 nitrogen and oxygen atoms in total. The van der Waals surface area contributed by atoms with Gasteiger partial charge in [-0.05, 0) is 57.0 Å². The van der Waals surface area contributed by atoms with Gasteiger partial charge in [-0.15, -0.1) is 0 Å². The summed E-state index contributed by atoms with van der Waals surface area (Å²) in [4.78, 5) is 39.8. The third kappa shape index (κ3) is 5.97. The van der Waals surface area contributed by atoms with Crippen molar-refractivity contribution < 1.29 is 22.8 Å². The van der Waals surface area contributed by atoms with Gasteiger partial charge in [0.25, 0.3) is 15.9 Å². The summed E-state index contributed by atoms with van der Waals surface area (Å²) in [6.07, 6.45) is 0.0291. The SMILES string of the molecule is CC(C)NC(=O)C(C)N(Cc1ccc(Cl)cc1Cl)C(=O)CCCN1C(=O)c2ccccc2S1(=O)=O. The van der Waals surface area contributed by atoms with Crippen molar-refractivity contribution in [1.29, 1.82) is 0 Å². The van der Waals surface area contributed by atoms with Gasteiger partial charge in [-0.1, -0.05) is 41.4 Å². The first kappa shape index (κ1) is 27.0. The Morgan fingerprint density at radius 1 is 1.09 bits per heavy atom. The van der Waals surface area contributed by atoms with E-state index in [9.17, 15) is 22.8 Å². The van der Waals surface area contributed by atoms with Gasteiger partial charge in [-0.3, -0.25) is 14.4 Å². The molecule has 3 amide bonds. The number of benzene rings is 2. The van der Waals surface area contributed by atoms with Crippen molar-refractivity contribution in [2.24, 2.45) is 0 Å². The van der Waals surface area contributed by atoms with Gasteiger partial charge in [0.1, 0.15) is 10.9 Å². The number of nitrogens with one attached hydrogen (secondary N) is 1. The Bertz CT molecular complexity index is 1250. The number of carbonyl (C=O) groups is 3. The smallest absolute Gasteiger partial charge is 0.269 e. The standard InChI is InChI=1S/C24H27Cl2N3O5S/c1-15(2)27-23(31)16(3)28(14-17-10-11-18(25)13-20(17)26)22(30)9-6-12-29-24(32)19-7-4-5-8-21(19)35(29,33)34/h4-5,7-8,10-11,13,15-16H,6,9,12,14H2,1-3H3,(H,27,31). The summed E-state index contributed by atoms with van der Waals surface area (Å²) in [5.41, 5.74) is 0.734. The molecule has 0 saturated carbocycles. The minimum Gasteiger partial charge on any atom is -0.352 e. The third-order valence-corrected chi connectivity index (χ3v) is 8.05. The second-order valence-electron chi connectivity index (χ2n) is 8.58. The predicted molar refractivity (Wildman–Crippen MR) is 134 cm³/mol. The summed E-state index contributed by atoms with van der Waals surface area (Å²) in [5.74, 6) is -1.31. The van der Waals surface area contributed by atoms with Gasteiger partial charge in [0.15, 0.2) is 0 Å². The molecule has 0 radical (unpaired) electrons. The molecule has 0 aliphatic carbocycles. The minimum absolute atomic E-state index is 0.0330. The van der Waals surface area contributed by atoms with Crippen LogP contribution in [0.3, 0.4) is 0 Å². The molecule has 1 unspecified atom stereocenters. The Hall–Kier alpha value is -2.62. The van der Waals surface area contributed by atoms with Gasteiger partial charge in [-0.25, -0.2) is 12.7 Å². The summed E-state index contributed by atoms with van der Waals surface area (Å²) in [5, 5.41) is 3.60. The van der Waals surface area contributed by atoms with E-state index in [1.165, 1.54) is 17.0 Å².